The zero-order chi connectivity index (χ0) is 11.1. The molecule has 1 heterocycles. The fourth-order valence-corrected chi connectivity index (χ4v) is 2.57. The van der Waals surface area contributed by atoms with Crippen molar-refractivity contribution in [3.8, 4) is 0 Å². The number of thiophene rings is 1. The highest BCUT2D eigenvalue weighted by molar-refractivity contribution is 7.12. The van der Waals surface area contributed by atoms with Gasteiger partial charge in [-0.1, -0.05) is 0 Å². The zero-order valence-corrected chi connectivity index (χ0v) is 8.97. The van der Waals surface area contributed by atoms with Crippen molar-refractivity contribution in [2.75, 3.05) is 7.11 Å². The van der Waals surface area contributed by atoms with Gasteiger partial charge in [-0.3, -0.25) is 4.79 Å². The van der Waals surface area contributed by atoms with Crippen LogP contribution in [0.4, 0.5) is 0 Å². The lowest BCUT2D eigenvalue weighted by molar-refractivity contribution is -0.140. The molecule has 0 atom stereocenters. The van der Waals surface area contributed by atoms with Crippen molar-refractivity contribution in [2.24, 2.45) is 0 Å². The Hall–Kier alpha value is -1.36. The number of hydrogen-bond donors (Lipinski definition) is 1. The molecule has 0 spiro atoms. The van der Waals surface area contributed by atoms with Crippen LogP contribution in [0.25, 0.3) is 0 Å². The largest absolute Gasteiger partial charge is 0.481 e. The van der Waals surface area contributed by atoms with E-state index in [1.807, 2.05) is 0 Å². The summed E-state index contributed by atoms with van der Waals surface area (Å²) in [6.45, 7) is 0. The van der Waals surface area contributed by atoms with Gasteiger partial charge in [-0.15, -0.1) is 11.3 Å². The first-order valence-corrected chi connectivity index (χ1v) is 5.39. The molecule has 0 radical (unpaired) electrons. The van der Waals surface area contributed by atoms with E-state index < -0.39 is 17.4 Å². The molecule has 0 saturated heterocycles. The fourth-order valence-electron chi connectivity index (χ4n) is 1.66. The van der Waals surface area contributed by atoms with Gasteiger partial charge in [0.1, 0.15) is 4.88 Å². The van der Waals surface area contributed by atoms with Crippen LogP contribution in [0.3, 0.4) is 0 Å². The molecule has 0 bridgehead atoms. The van der Waals surface area contributed by atoms with Crippen molar-refractivity contribution in [3.05, 3.63) is 21.9 Å². The molecular weight excluding hydrogens is 216 g/mol. The van der Waals surface area contributed by atoms with Gasteiger partial charge in [-0.25, -0.2) is 4.79 Å². The third-order valence-corrected chi connectivity index (χ3v) is 3.61. The quantitative estimate of drug-likeness (QED) is 0.796. The molecule has 1 aliphatic rings. The van der Waals surface area contributed by atoms with Gasteiger partial charge in [-0.2, -0.15) is 0 Å². The number of carbonyl (C=O) groups excluding carboxylic acids is 1. The molecule has 2 rings (SSSR count). The Labute approximate surface area is 90.5 Å². The normalized spacial score (nSPS) is 17.1. The summed E-state index contributed by atoms with van der Waals surface area (Å²) in [5.74, 6) is -1.31. The molecule has 15 heavy (non-hydrogen) atoms. The molecule has 0 aliphatic heterocycles. The van der Waals surface area contributed by atoms with E-state index in [0.29, 0.717) is 23.3 Å². The van der Waals surface area contributed by atoms with E-state index in [-0.39, 0.29) is 0 Å². The van der Waals surface area contributed by atoms with Crippen LogP contribution >= 0.6 is 11.3 Å². The van der Waals surface area contributed by atoms with Crippen LogP contribution in [0.2, 0.25) is 0 Å². The van der Waals surface area contributed by atoms with Crippen LogP contribution in [-0.4, -0.2) is 24.2 Å². The van der Waals surface area contributed by atoms with E-state index in [1.165, 1.54) is 18.4 Å². The molecular formula is C10H10O4S. The summed E-state index contributed by atoms with van der Waals surface area (Å²) in [5.41, 5.74) is -0.226. The number of hydrogen-bond acceptors (Lipinski definition) is 4. The standard InChI is InChI=1S/C10H10O4S/c1-14-8(11)7-6(2-5-15-7)10(3-4-10)9(12)13/h2,5H,3-4H2,1H3,(H,12,13). The smallest absolute Gasteiger partial charge is 0.348 e. The first-order valence-electron chi connectivity index (χ1n) is 4.51. The van der Waals surface area contributed by atoms with Crippen molar-refractivity contribution in [1.82, 2.24) is 0 Å². The lowest BCUT2D eigenvalue weighted by atomic mass is 9.97. The molecule has 4 nitrogen and oxygen atoms in total. The van der Waals surface area contributed by atoms with Gasteiger partial charge in [0.05, 0.1) is 12.5 Å². The van der Waals surface area contributed by atoms with E-state index in [4.69, 9.17) is 5.11 Å². The van der Waals surface area contributed by atoms with E-state index in [2.05, 4.69) is 4.74 Å². The highest BCUT2D eigenvalue weighted by Crippen LogP contribution is 2.50. The maximum absolute atomic E-state index is 11.4. The lowest BCUT2D eigenvalue weighted by Gasteiger charge is -2.09. The third-order valence-electron chi connectivity index (χ3n) is 2.71. The summed E-state index contributed by atoms with van der Waals surface area (Å²) in [5, 5.41) is 10.8. The highest BCUT2D eigenvalue weighted by atomic mass is 32.1. The topological polar surface area (TPSA) is 63.6 Å². The summed E-state index contributed by atoms with van der Waals surface area (Å²) in [7, 11) is 1.30. The molecule has 0 unspecified atom stereocenters. The Morgan fingerprint density at radius 1 is 1.53 bits per heavy atom. The number of carboxylic acids is 1. The van der Waals surface area contributed by atoms with E-state index in [1.54, 1.807) is 11.4 Å². The minimum absolute atomic E-state index is 0.414. The Morgan fingerprint density at radius 2 is 2.20 bits per heavy atom. The maximum Gasteiger partial charge on any atom is 0.348 e. The minimum Gasteiger partial charge on any atom is -0.481 e. The van der Waals surface area contributed by atoms with E-state index in [9.17, 15) is 9.59 Å². The second kappa shape index (κ2) is 3.34. The molecule has 1 saturated carbocycles. The fraction of sp³-hybridized carbons (Fsp3) is 0.400. The van der Waals surface area contributed by atoms with Crippen LogP contribution in [0.5, 0.6) is 0 Å². The molecule has 5 heteroatoms. The van der Waals surface area contributed by atoms with Gasteiger partial charge < -0.3 is 9.84 Å². The van der Waals surface area contributed by atoms with E-state index in [0.717, 1.165) is 0 Å². The van der Waals surface area contributed by atoms with Gasteiger partial charge in [0.25, 0.3) is 0 Å². The van der Waals surface area contributed by atoms with Crippen molar-refractivity contribution >= 4 is 23.3 Å². The monoisotopic (exact) mass is 226 g/mol. The molecule has 1 fully saturated rings. The number of ether oxygens (including phenoxy) is 1. The van der Waals surface area contributed by atoms with Gasteiger partial charge in [0.2, 0.25) is 0 Å². The van der Waals surface area contributed by atoms with Crippen LogP contribution in [0.15, 0.2) is 11.4 Å². The number of carbonyl (C=O) groups is 2. The predicted molar refractivity (Wildman–Crippen MR) is 54.2 cm³/mol. The van der Waals surface area contributed by atoms with Crippen molar-refractivity contribution in [1.29, 1.82) is 0 Å². The van der Waals surface area contributed by atoms with Crippen molar-refractivity contribution in [3.63, 3.8) is 0 Å². The lowest BCUT2D eigenvalue weighted by Crippen LogP contribution is -2.21. The highest BCUT2D eigenvalue weighted by Gasteiger charge is 2.53. The minimum atomic E-state index is -0.856. The molecule has 0 amide bonds. The number of carboxylic acid groups (broad SMARTS) is 1. The summed E-state index contributed by atoms with van der Waals surface area (Å²) in [6, 6.07) is 1.71. The number of methoxy groups -OCH3 is 1. The molecule has 1 aromatic heterocycles. The SMILES string of the molecule is COC(=O)c1sccc1C1(C(=O)O)CC1. The predicted octanol–water partition coefficient (Wildman–Crippen LogP) is 1.65. The summed E-state index contributed by atoms with van der Waals surface area (Å²) in [6.07, 6.45) is 1.20. The molecule has 80 valence electrons. The summed E-state index contributed by atoms with van der Waals surface area (Å²) in [4.78, 5) is 22.9. The summed E-state index contributed by atoms with van der Waals surface area (Å²) < 4.78 is 4.62. The van der Waals surface area contributed by atoms with Crippen LogP contribution in [0, 0.1) is 0 Å². The average Bonchev–Trinajstić information content (AvgIpc) is 2.89. The van der Waals surface area contributed by atoms with Gasteiger partial charge >= 0.3 is 11.9 Å². The molecule has 1 N–H and O–H groups in total. The summed E-state index contributed by atoms with van der Waals surface area (Å²) >= 11 is 1.23. The van der Waals surface area contributed by atoms with Crippen LogP contribution in [-0.2, 0) is 14.9 Å². The van der Waals surface area contributed by atoms with Crippen LogP contribution < -0.4 is 0 Å². The second-order valence-electron chi connectivity index (χ2n) is 3.54. The Kier molecular flexibility index (Phi) is 2.26. The first kappa shape index (κ1) is 10.2. The van der Waals surface area contributed by atoms with Crippen molar-refractivity contribution < 1.29 is 19.4 Å². The molecule has 1 aromatic rings. The van der Waals surface area contributed by atoms with Gasteiger partial charge in [0, 0.05) is 0 Å². The number of esters is 1. The number of rotatable bonds is 3. The van der Waals surface area contributed by atoms with Gasteiger partial charge in [-0.05, 0) is 29.9 Å². The average molecular weight is 226 g/mol. The Morgan fingerprint density at radius 3 is 2.67 bits per heavy atom. The Balaban J connectivity index is 2.42. The molecule has 0 aromatic carbocycles. The third kappa shape index (κ3) is 1.43. The van der Waals surface area contributed by atoms with E-state index >= 15 is 0 Å². The zero-order valence-electron chi connectivity index (χ0n) is 8.15. The Bertz CT molecular complexity index is 417. The van der Waals surface area contributed by atoms with Crippen LogP contribution in [0.1, 0.15) is 28.1 Å². The first-order chi connectivity index (χ1) is 7.12. The maximum atomic E-state index is 11.4. The number of aliphatic carboxylic acids is 1. The molecule has 1 aliphatic carbocycles. The van der Waals surface area contributed by atoms with Crippen molar-refractivity contribution in [2.45, 2.75) is 18.3 Å². The second-order valence-corrected chi connectivity index (χ2v) is 4.46. The van der Waals surface area contributed by atoms with Gasteiger partial charge in [0.15, 0.2) is 0 Å².